The molecule has 0 aromatic heterocycles. The topological polar surface area (TPSA) is 44.4 Å². The van der Waals surface area contributed by atoms with Gasteiger partial charge in [0.05, 0.1) is 6.04 Å². The molecular weight excluding hydrogens is 250 g/mol. The molecule has 0 radical (unpaired) electrons. The molecule has 2 saturated heterocycles. The minimum atomic E-state index is 0.139. The van der Waals surface area contributed by atoms with E-state index >= 15 is 0 Å². The van der Waals surface area contributed by atoms with E-state index in [1.807, 2.05) is 0 Å². The summed E-state index contributed by atoms with van der Waals surface area (Å²) in [4.78, 5) is 15.0. The molecule has 2 N–H and O–H groups in total. The number of likely N-dealkylation sites (tertiary alicyclic amines) is 1. The fourth-order valence-corrected chi connectivity index (χ4v) is 3.90. The number of hydrogen-bond acceptors (Lipinski definition) is 3. The summed E-state index contributed by atoms with van der Waals surface area (Å²) in [5.41, 5.74) is 0. The van der Waals surface area contributed by atoms with E-state index in [2.05, 4.69) is 22.5 Å². The molecule has 1 saturated carbocycles. The molecular formula is C16H29N3O. The largest absolute Gasteiger partial charge is 0.352 e. The summed E-state index contributed by atoms with van der Waals surface area (Å²) in [6.45, 7) is 5.49. The Labute approximate surface area is 122 Å². The van der Waals surface area contributed by atoms with Gasteiger partial charge in [-0.3, -0.25) is 9.69 Å². The summed E-state index contributed by atoms with van der Waals surface area (Å²) >= 11 is 0. The molecule has 2 aliphatic heterocycles. The molecule has 0 bridgehead atoms. The van der Waals surface area contributed by atoms with Crippen LogP contribution in [0.4, 0.5) is 0 Å². The molecule has 114 valence electrons. The van der Waals surface area contributed by atoms with Crippen LogP contribution in [0.5, 0.6) is 0 Å². The molecule has 2 heterocycles. The normalized spacial score (nSPS) is 30.4. The van der Waals surface area contributed by atoms with Crippen molar-refractivity contribution in [1.82, 2.24) is 15.5 Å². The van der Waals surface area contributed by atoms with Crippen LogP contribution >= 0.6 is 0 Å². The highest BCUT2D eigenvalue weighted by atomic mass is 16.2. The summed E-state index contributed by atoms with van der Waals surface area (Å²) in [5, 5.41) is 6.68. The zero-order valence-electron chi connectivity index (χ0n) is 12.7. The smallest absolute Gasteiger partial charge is 0.237 e. The zero-order chi connectivity index (χ0) is 13.9. The van der Waals surface area contributed by atoms with Crippen LogP contribution in [0, 0.1) is 5.92 Å². The van der Waals surface area contributed by atoms with Gasteiger partial charge in [0.25, 0.3) is 0 Å². The van der Waals surface area contributed by atoms with E-state index < -0.39 is 0 Å². The number of piperidine rings is 1. The van der Waals surface area contributed by atoms with Gasteiger partial charge in [-0.15, -0.1) is 0 Å². The van der Waals surface area contributed by atoms with Crippen LogP contribution < -0.4 is 10.6 Å². The van der Waals surface area contributed by atoms with Crippen molar-refractivity contribution in [3.05, 3.63) is 0 Å². The lowest BCUT2D eigenvalue weighted by molar-refractivity contribution is -0.127. The number of nitrogens with zero attached hydrogens (tertiary/aromatic N) is 1. The van der Waals surface area contributed by atoms with E-state index in [4.69, 9.17) is 0 Å². The maximum absolute atomic E-state index is 12.5. The molecule has 0 aromatic carbocycles. The van der Waals surface area contributed by atoms with E-state index in [1.165, 1.54) is 38.5 Å². The van der Waals surface area contributed by atoms with Crippen LogP contribution in [0.1, 0.15) is 51.9 Å². The third kappa shape index (κ3) is 3.53. The first kappa shape index (κ1) is 14.3. The Hall–Kier alpha value is -0.610. The van der Waals surface area contributed by atoms with Crippen LogP contribution in [0.2, 0.25) is 0 Å². The second-order valence-electron chi connectivity index (χ2n) is 6.97. The molecule has 3 aliphatic rings. The lowest BCUT2D eigenvalue weighted by atomic mass is 10.0. The van der Waals surface area contributed by atoms with Gasteiger partial charge in [0, 0.05) is 12.1 Å². The monoisotopic (exact) mass is 279 g/mol. The molecule has 2 atom stereocenters. The number of carbonyl (C=O) groups excluding carboxylic acids is 1. The van der Waals surface area contributed by atoms with Crippen molar-refractivity contribution in [2.75, 3.05) is 19.6 Å². The van der Waals surface area contributed by atoms with E-state index in [1.54, 1.807) is 0 Å². The molecule has 2 unspecified atom stereocenters. The molecule has 0 aromatic rings. The lowest BCUT2D eigenvalue weighted by Gasteiger charge is -2.35. The first-order valence-electron chi connectivity index (χ1n) is 8.51. The molecule has 4 heteroatoms. The second kappa shape index (κ2) is 6.44. The number of amides is 1. The average Bonchev–Trinajstić information content (AvgIpc) is 3.11. The minimum Gasteiger partial charge on any atom is -0.352 e. The van der Waals surface area contributed by atoms with E-state index in [0.717, 1.165) is 32.0 Å². The highest BCUT2D eigenvalue weighted by Gasteiger charge is 2.36. The van der Waals surface area contributed by atoms with Crippen molar-refractivity contribution in [3.63, 3.8) is 0 Å². The Morgan fingerprint density at radius 3 is 2.70 bits per heavy atom. The van der Waals surface area contributed by atoms with Gasteiger partial charge in [0.1, 0.15) is 0 Å². The predicted molar refractivity (Wildman–Crippen MR) is 80.6 cm³/mol. The third-order valence-electron chi connectivity index (χ3n) is 5.15. The predicted octanol–water partition coefficient (Wildman–Crippen LogP) is 1.51. The molecule has 20 heavy (non-hydrogen) atoms. The van der Waals surface area contributed by atoms with Crippen LogP contribution in [0.3, 0.4) is 0 Å². The molecule has 0 spiro atoms. The van der Waals surface area contributed by atoms with Gasteiger partial charge in [0.15, 0.2) is 0 Å². The summed E-state index contributed by atoms with van der Waals surface area (Å²) < 4.78 is 0. The number of carbonyl (C=O) groups is 1. The highest BCUT2D eigenvalue weighted by molar-refractivity contribution is 5.82. The van der Waals surface area contributed by atoms with Crippen molar-refractivity contribution < 1.29 is 4.79 Å². The van der Waals surface area contributed by atoms with Crippen LogP contribution in [-0.4, -0.2) is 48.6 Å². The molecule has 3 rings (SSSR count). The molecule has 1 aliphatic carbocycles. The Bertz CT molecular complexity index is 337. The van der Waals surface area contributed by atoms with Crippen molar-refractivity contribution in [2.24, 2.45) is 5.92 Å². The first-order valence-corrected chi connectivity index (χ1v) is 8.51. The van der Waals surface area contributed by atoms with E-state index in [-0.39, 0.29) is 11.9 Å². The van der Waals surface area contributed by atoms with Gasteiger partial charge >= 0.3 is 0 Å². The van der Waals surface area contributed by atoms with Crippen molar-refractivity contribution >= 4 is 5.91 Å². The Balaban J connectivity index is 1.52. The van der Waals surface area contributed by atoms with E-state index in [0.29, 0.717) is 12.1 Å². The zero-order valence-corrected chi connectivity index (χ0v) is 12.7. The molecule has 3 fully saturated rings. The van der Waals surface area contributed by atoms with Crippen molar-refractivity contribution in [2.45, 2.75) is 70.0 Å². The summed E-state index contributed by atoms with van der Waals surface area (Å²) in [6.07, 6.45) is 8.52. The number of rotatable bonds is 5. The first-order chi connectivity index (χ1) is 9.74. The van der Waals surface area contributed by atoms with Gasteiger partial charge in [0.2, 0.25) is 5.91 Å². The fourth-order valence-electron chi connectivity index (χ4n) is 3.90. The van der Waals surface area contributed by atoms with Gasteiger partial charge in [-0.25, -0.2) is 0 Å². The maximum Gasteiger partial charge on any atom is 0.237 e. The summed E-state index contributed by atoms with van der Waals surface area (Å²) in [7, 11) is 0. The Kier molecular flexibility index (Phi) is 4.61. The van der Waals surface area contributed by atoms with Gasteiger partial charge < -0.3 is 10.6 Å². The maximum atomic E-state index is 12.5. The summed E-state index contributed by atoms with van der Waals surface area (Å²) in [5.74, 6) is 1.17. The van der Waals surface area contributed by atoms with Crippen molar-refractivity contribution in [3.8, 4) is 0 Å². The molecule has 1 amide bonds. The van der Waals surface area contributed by atoms with Crippen molar-refractivity contribution in [1.29, 1.82) is 0 Å². The Morgan fingerprint density at radius 2 is 2.00 bits per heavy atom. The SMILES string of the molecule is CC(CC1CC1)NC(=O)C1CCCN1C1CCNCC1. The number of hydrogen-bond donors (Lipinski definition) is 2. The quantitative estimate of drug-likeness (QED) is 0.802. The average molecular weight is 279 g/mol. The summed E-state index contributed by atoms with van der Waals surface area (Å²) in [6, 6.07) is 1.11. The van der Waals surface area contributed by atoms with Gasteiger partial charge in [-0.2, -0.15) is 0 Å². The van der Waals surface area contributed by atoms with Gasteiger partial charge in [-0.1, -0.05) is 12.8 Å². The Morgan fingerprint density at radius 1 is 1.25 bits per heavy atom. The van der Waals surface area contributed by atoms with Crippen LogP contribution in [0.15, 0.2) is 0 Å². The van der Waals surface area contributed by atoms with Gasteiger partial charge in [-0.05, 0) is 64.6 Å². The fraction of sp³-hybridized carbons (Fsp3) is 0.938. The third-order valence-corrected chi connectivity index (χ3v) is 5.15. The molecule has 4 nitrogen and oxygen atoms in total. The van der Waals surface area contributed by atoms with Crippen LogP contribution in [0.25, 0.3) is 0 Å². The number of nitrogens with one attached hydrogen (secondary N) is 2. The highest BCUT2D eigenvalue weighted by Crippen LogP contribution is 2.33. The second-order valence-corrected chi connectivity index (χ2v) is 6.97. The van der Waals surface area contributed by atoms with Crippen LogP contribution in [-0.2, 0) is 4.79 Å². The minimum absolute atomic E-state index is 0.139. The lowest BCUT2D eigenvalue weighted by Crippen LogP contribution is -2.52. The standard InChI is InChI=1S/C16H29N3O/c1-12(11-13-4-5-13)18-16(20)15-3-2-10-19(15)14-6-8-17-9-7-14/h12-15,17H,2-11H2,1H3,(H,18,20). The van der Waals surface area contributed by atoms with E-state index in [9.17, 15) is 4.79 Å².